The van der Waals surface area contributed by atoms with Gasteiger partial charge in [0.15, 0.2) is 0 Å². The van der Waals surface area contributed by atoms with Crippen LogP contribution in [0.1, 0.15) is 15.4 Å². The average molecular weight is 262 g/mol. The molecule has 18 heavy (non-hydrogen) atoms. The number of rotatable bonds is 4. The van der Waals surface area contributed by atoms with Gasteiger partial charge in [-0.15, -0.1) is 11.3 Å². The highest BCUT2D eigenvalue weighted by Crippen LogP contribution is 2.23. The number of thiazole rings is 1. The molecule has 1 N–H and O–H groups in total. The van der Waals surface area contributed by atoms with Crippen molar-refractivity contribution in [3.8, 4) is 11.3 Å². The fourth-order valence-corrected chi connectivity index (χ4v) is 2.52. The summed E-state index contributed by atoms with van der Waals surface area (Å²) in [6, 6.07) is 6.85. The molecule has 0 aliphatic carbocycles. The van der Waals surface area contributed by atoms with E-state index in [4.69, 9.17) is 5.11 Å². The minimum Gasteiger partial charge on any atom is -0.478 e. The predicted octanol–water partition coefficient (Wildman–Crippen LogP) is 2.57. The molecule has 0 atom stereocenters. The van der Waals surface area contributed by atoms with Crippen LogP contribution in [0.3, 0.4) is 0 Å². The first-order valence-electron chi connectivity index (χ1n) is 5.49. The molecule has 0 radical (unpaired) electrons. The lowest BCUT2D eigenvalue weighted by atomic mass is 10.1. The molecule has 4 nitrogen and oxygen atoms in total. The van der Waals surface area contributed by atoms with Crippen LogP contribution < -0.4 is 0 Å². The summed E-state index contributed by atoms with van der Waals surface area (Å²) in [6.07, 6.45) is 0. The van der Waals surface area contributed by atoms with Crippen LogP contribution >= 0.6 is 11.3 Å². The summed E-state index contributed by atoms with van der Waals surface area (Å²) in [6.45, 7) is 0.795. The molecule has 0 fully saturated rings. The lowest BCUT2D eigenvalue weighted by molar-refractivity contribution is 0.0697. The van der Waals surface area contributed by atoms with Crippen LogP contribution in [0.2, 0.25) is 0 Å². The van der Waals surface area contributed by atoms with Crippen LogP contribution in [0, 0.1) is 0 Å². The van der Waals surface area contributed by atoms with E-state index in [2.05, 4.69) is 9.88 Å². The highest BCUT2D eigenvalue weighted by molar-refractivity contribution is 7.09. The maximum atomic E-state index is 10.9. The van der Waals surface area contributed by atoms with Gasteiger partial charge in [0, 0.05) is 17.5 Å². The van der Waals surface area contributed by atoms with Crippen molar-refractivity contribution in [3.05, 3.63) is 40.2 Å². The van der Waals surface area contributed by atoms with Gasteiger partial charge in [-0.1, -0.05) is 12.1 Å². The van der Waals surface area contributed by atoms with E-state index in [1.54, 1.807) is 29.5 Å². The van der Waals surface area contributed by atoms with Gasteiger partial charge in [-0.3, -0.25) is 0 Å². The monoisotopic (exact) mass is 262 g/mol. The molecule has 2 rings (SSSR count). The summed E-state index contributed by atoms with van der Waals surface area (Å²) in [4.78, 5) is 17.5. The zero-order valence-electron chi connectivity index (χ0n) is 10.3. The topological polar surface area (TPSA) is 53.4 Å². The smallest absolute Gasteiger partial charge is 0.335 e. The largest absolute Gasteiger partial charge is 0.478 e. The van der Waals surface area contributed by atoms with Crippen molar-refractivity contribution >= 4 is 17.3 Å². The highest BCUT2D eigenvalue weighted by atomic mass is 32.1. The Labute approximate surface area is 110 Å². The summed E-state index contributed by atoms with van der Waals surface area (Å²) in [5.41, 5.74) is 1.96. The minimum absolute atomic E-state index is 0.287. The molecule has 1 aromatic heterocycles. The zero-order chi connectivity index (χ0) is 13.1. The minimum atomic E-state index is -0.916. The molecule has 0 aliphatic heterocycles. The standard InChI is InChI=1S/C13H14N2O2S/c1-15(2)7-12-14-11(8-18-12)9-4-3-5-10(6-9)13(16)17/h3-6,8H,7H2,1-2H3,(H,16,17). The first-order chi connectivity index (χ1) is 8.56. The van der Waals surface area contributed by atoms with Crippen molar-refractivity contribution < 1.29 is 9.90 Å². The van der Waals surface area contributed by atoms with Crippen molar-refractivity contribution in [1.82, 2.24) is 9.88 Å². The Morgan fingerprint density at radius 3 is 2.89 bits per heavy atom. The fourth-order valence-electron chi connectivity index (χ4n) is 1.60. The van der Waals surface area contributed by atoms with Gasteiger partial charge in [-0.25, -0.2) is 9.78 Å². The summed E-state index contributed by atoms with van der Waals surface area (Å²) < 4.78 is 0. The van der Waals surface area contributed by atoms with Gasteiger partial charge in [0.25, 0.3) is 0 Å². The quantitative estimate of drug-likeness (QED) is 0.920. The molecule has 2 aromatic rings. The Morgan fingerprint density at radius 1 is 1.44 bits per heavy atom. The normalized spacial score (nSPS) is 10.8. The number of aromatic carboxylic acids is 1. The predicted molar refractivity (Wildman–Crippen MR) is 71.9 cm³/mol. The number of nitrogens with zero attached hydrogens (tertiary/aromatic N) is 2. The van der Waals surface area contributed by atoms with Crippen molar-refractivity contribution in [2.75, 3.05) is 14.1 Å². The Morgan fingerprint density at radius 2 is 2.22 bits per heavy atom. The van der Waals surface area contributed by atoms with Crippen LogP contribution in [0.15, 0.2) is 29.6 Å². The van der Waals surface area contributed by atoms with Crippen LogP contribution in [0.5, 0.6) is 0 Å². The molecular weight excluding hydrogens is 248 g/mol. The summed E-state index contributed by atoms with van der Waals surface area (Å²) in [7, 11) is 3.98. The third-order valence-electron chi connectivity index (χ3n) is 2.41. The first-order valence-corrected chi connectivity index (χ1v) is 6.37. The molecule has 0 amide bonds. The molecule has 0 spiro atoms. The molecule has 1 aromatic carbocycles. The van der Waals surface area contributed by atoms with E-state index in [-0.39, 0.29) is 5.56 Å². The van der Waals surface area contributed by atoms with E-state index in [1.807, 2.05) is 25.5 Å². The summed E-state index contributed by atoms with van der Waals surface area (Å²) >= 11 is 1.59. The lowest BCUT2D eigenvalue weighted by Gasteiger charge is -2.05. The van der Waals surface area contributed by atoms with Gasteiger partial charge in [-0.05, 0) is 26.2 Å². The molecule has 1 heterocycles. The van der Waals surface area contributed by atoms with Crippen molar-refractivity contribution in [3.63, 3.8) is 0 Å². The van der Waals surface area contributed by atoms with Crippen molar-refractivity contribution in [1.29, 1.82) is 0 Å². The van der Waals surface area contributed by atoms with Gasteiger partial charge in [0.1, 0.15) is 5.01 Å². The number of carbonyl (C=O) groups is 1. The molecule has 0 aliphatic rings. The Balaban J connectivity index is 2.28. The third-order valence-corrected chi connectivity index (χ3v) is 3.24. The van der Waals surface area contributed by atoms with E-state index in [1.165, 1.54) is 0 Å². The maximum Gasteiger partial charge on any atom is 0.335 e. The van der Waals surface area contributed by atoms with Crippen molar-refractivity contribution in [2.45, 2.75) is 6.54 Å². The molecule has 94 valence electrons. The van der Waals surface area contributed by atoms with E-state index in [0.29, 0.717) is 0 Å². The lowest BCUT2D eigenvalue weighted by Crippen LogP contribution is -2.10. The average Bonchev–Trinajstić information content (AvgIpc) is 2.77. The number of carboxylic acid groups (broad SMARTS) is 1. The van der Waals surface area contributed by atoms with Crippen LogP contribution in [0.4, 0.5) is 0 Å². The Hall–Kier alpha value is -1.72. The summed E-state index contributed by atoms with van der Waals surface area (Å²) in [5, 5.41) is 11.9. The Bertz CT molecular complexity index is 564. The van der Waals surface area contributed by atoms with Crippen LogP contribution in [-0.2, 0) is 6.54 Å². The number of aromatic nitrogens is 1. The molecule has 0 saturated heterocycles. The van der Waals surface area contributed by atoms with Gasteiger partial charge in [0.05, 0.1) is 11.3 Å². The molecule has 0 unspecified atom stereocenters. The van der Waals surface area contributed by atoms with Gasteiger partial charge in [-0.2, -0.15) is 0 Å². The zero-order valence-corrected chi connectivity index (χ0v) is 11.1. The van der Waals surface area contributed by atoms with Crippen molar-refractivity contribution in [2.24, 2.45) is 0 Å². The highest BCUT2D eigenvalue weighted by Gasteiger charge is 2.08. The number of carboxylic acids is 1. The SMILES string of the molecule is CN(C)Cc1nc(-c2cccc(C(=O)O)c2)cs1. The summed E-state index contributed by atoms with van der Waals surface area (Å²) in [5.74, 6) is -0.916. The van der Waals surface area contributed by atoms with Crippen LogP contribution in [-0.4, -0.2) is 35.1 Å². The first kappa shape index (κ1) is 12.7. The van der Waals surface area contributed by atoms with E-state index < -0.39 is 5.97 Å². The molecule has 0 bridgehead atoms. The van der Waals surface area contributed by atoms with Crippen LogP contribution in [0.25, 0.3) is 11.3 Å². The number of hydrogen-bond acceptors (Lipinski definition) is 4. The Kier molecular flexibility index (Phi) is 3.74. The molecule has 0 saturated carbocycles. The van der Waals surface area contributed by atoms with E-state index >= 15 is 0 Å². The van der Waals surface area contributed by atoms with Gasteiger partial charge >= 0.3 is 5.97 Å². The fraction of sp³-hybridized carbons (Fsp3) is 0.231. The number of benzene rings is 1. The van der Waals surface area contributed by atoms with Gasteiger partial charge < -0.3 is 10.0 Å². The maximum absolute atomic E-state index is 10.9. The number of hydrogen-bond donors (Lipinski definition) is 1. The third kappa shape index (κ3) is 2.94. The van der Waals surface area contributed by atoms with E-state index in [9.17, 15) is 4.79 Å². The second-order valence-electron chi connectivity index (χ2n) is 4.25. The second-order valence-corrected chi connectivity index (χ2v) is 5.19. The van der Waals surface area contributed by atoms with Gasteiger partial charge in [0.2, 0.25) is 0 Å². The molecule has 5 heteroatoms. The van der Waals surface area contributed by atoms with E-state index in [0.717, 1.165) is 22.8 Å². The second kappa shape index (κ2) is 5.29. The molecular formula is C13H14N2O2S.